The lowest BCUT2D eigenvalue weighted by Crippen LogP contribution is -2.49. The van der Waals surface area contributed by atoms with Crippen LogP contribution in [0.25, 0.3) is 10.8 Å². The first-order valence-electron chi connectivity index (χ1n) is 11.5. The van der Waals surface area contributed by atoms with Gasteiger partial charge >= 0.3 is 0 Å². The van der Waals surface area contributed by atoms with Gasteiger partial charge in [-0.15, -0.1) is 0 Å². The molecule has 1 amide bonds. The summed E-state index contributed by atoms with van der Waals surface area (Å²) in [6.07, 6.45) is 0.803. The normalized spacial score (nSPS) is 14.0. The first-order valence-corrected chi connectivity index (χ1v) is 11.5. The number of piperazine rings is 1. The van der Waals surface area contributed by atoms with Gasteiger partial charge in [0.25, 0.3) is 5.91 Å². The van der Waals surface area contributed by atoms with Crippen molar-refractivity contribution in [3.8, 4) is 0 Å². The van der Waals surface area contributed by atoms with Crippen LogP contribution in [-0.4, -0.2) is 47.0 Å². The van der Waals surface area contributed by atoms with Gasteiger partial charge in [-0.3, -0.25) is 4.79 Å². The zero-order chi connectivity index (χ0) is 22.8. The molecule has 0 bridgehead atoms. The smallest absolute Gasteiger partial charge is 0.254 e. The minimum atomic E-state index is 0.103. The number of amides is 1. The molecular weight excluding hydrogens is 408 g/mol. The van der Waals surface area contributed by atoms with Gasteiger partial charge in [0.15, 0.2) is 0 Å². The average Bonchev–Trinajstić information content (AvgIpc) is 2.85. The Hall–Kier alpha value is -3.73. The summed E-state index contributed by atoms with van der Waals surface area (Å²) in [6, 6.07) is 24.5. The van der Waals surface area contributed by atoms with Gasteiger partial charge < -0.3 is 9.80 Å². The molecule has 2 heterocycles. The van der Waals surface area contributed by atoms with Crippen LogP contribution in [0.1, 0.15) is 33.0 Å². The number of aromatic nitrogens is 2. The Labute approximate surface area is 194 Å². The second-order valence-electron chi connectivity index (χ2n) is 8.63. The fraction of sp³-hybridized carbons (Fsp3) is 0.250. The number of hydrogen-bond donors (Lipinski definition) is 0. The number of aryl methyl sites for hydroxylation is 2. The van der Waals surface area contributed by atoms with Crippen LogP contribution in [0.5, 0.6) is 0 Å². The van der Waals surface area contributed by atoms with E-state index in [9.17, 15) is 4.79 Å². The molecule has 0 spiro atoms. The number of anilines is 1. The molecule has 1 aliphatic heterocycles. The maximum atomic E-state index is 13.4. The van der Waals surface area contributed by atoms with Crippen molar-refractivity contribution in [2.75, 3.05) is 31.1 Å². The molecule has 0 saturated carbocycles. The van der Waals surface area contributed by atoms with Gasteiger partial charge in [0.05, 0.1) is 0 Å². The van der Waals surface area contributed by atoms with Crippen molar-refractivity contribution in [1.82, 2.24) is 14.9 Å². The van der Waals surface area contributed by atoms with E-state index < -0.39 is 0 Å². The second-order valence-corrected chi connectivity index (χ2v) is 8.63. The van der Waals surface area contributed by atoms with Gasteiger partial charge in [0, 0.05) is 49.4 Å². The lowest BCUT2D eigenvalue weighted by Gasteiger charge is -2.36. The molecule has 5 nitrogen and oxygen atoms in total. The van der Waals surface area contributed by atoms with Gasteiger partial charge in [-0.05, 0) is 36.2 Å². The number of benzene rings is 3. The summed E-state index contributed by atoms with van der Waals surface area (Å²) in [5.74, 6) is 1.89. The summed E-state index contributed by atoms with van der Waals surface area (Å²) >= 11 is 0. The molecule has 1 fully saturated rings. The molecule has 1 aliphatic rings. The summed E-state index contributed by atoms with van der Waals surface area (Å²) in [4.78, 5) is 27.1. The van der Waals surface area contributed by atoms with E-state index in [0.29, 0.717) is 13.1 Å². The van der Waals surface area contributed by atoms with Crippen LogP contribution in [0, 0.1) is 13.8 Å². The average molecular weight is 437 g/mol. The van der Waals surface area contributed by atoms with Crippen LogP contribution in [0.2, 0.25) is 0 Å². The van der Waals surface area contributed by atoms with Crippen molar-refractivity contribution in [1.29, 1.82) is 0 Å². The van der Waals surface area contributed by atoms with E-state index in [-0.39, 0.29) is 5.91 Å². The third-order valence-electron chi connectivity index (χ3n) is 6.41. The molecular formula is C28H28N4O. The topological polar surface area (TPSA) is 49.3 Å². The molecule has 33 heavy (non-hydrogen) atoms. The molecule has 5 rings (SSSR count). The SMILES string of the molecule is Cc1nc(C)c(Cc2ccccc2)c(N2CCN(C(=O)c3cccc4ccccc34)CC2)n1. The zero-order valence-electron chi connectivity index (χ0n) is 19.2. The quantitative estimate of drug-likeness (QED) is 0.461. The van der Waals surface area contributed by atoms with Crippen molar-refractivity contribution in [2.24, 2.45) is 0 Å². The van der Waals surface area contributed by atoms with E-state index in [1.807, 2.05) is 48.2 Å². The van der Waals surface area contributed by atoms with Crippen LogP contribution >= 0.6 is 0 Å². The number of fused-ring (bicyclic) bond motifs is 1. The van der Waals surface area contributed by atoms with Crippen LogP contribution in [0.15, 0.2) is 72.8 Å². The summed E-state index contributed by atoms with van der Waals surface area (Å²) in [5.41, 5.74) is 4.22. The van der Waals surface area contributed by atoms with E-state index >= 15 is 0 Å². The van der Waals surface area contributed by atoms with Crippen LogP contribution in [0.3, 0.4) is 0 Å². The number of rotatable bonds is 4. The zero-order valence-corrected chi connectivity index (χ0v) is 19.2. The molecule has 4 aromatic rings. The molecule has 1 aromatic heterocycles. The maximum Gasteiger partial charge on any atom is 0.254 e. The Bertz CT molecular complexity index is 1290. The molecule has 3 aromatic carbocycles. The lowest BCUT2D eigenvalue weighted by atomic mass is 10.0. The van der Waals surface area contributed by atoms with E-state index in [0.717, 1.165) is 53.2 Å². The Balaban J connectivity index is 1.36. The van der Waals surface area contributed by atoms with Crippen molar-refractivity contribution >= 4 is 22.5 Å². The summed E-state index contributed by atoms with van der Waals surface area (Å²) in [5, 5.41) is 2.11. The summed E-state index contributed by atoms with van der Waals surface area (Å²) in [6.45, 7) is 6.88. The minimum absolute atomic E-state index is 0.103. The monoisotopic (exact) mass is 436 g/mol. The van der Waals surface area contributed by atoms with Gasteiger partial charge in [0.1, 0.15) is 11.6 Å². The summed E-state index contributed by atoms with van der Waals surface area (Å²) < 4.78 is 0. The van der Waals surface area contributed by atoms with Crippen LogP contribution in [-0.2, 0) is 6.42 Å². The second kappa shape index (κ2) is 9.02. The highest BCUT2D eigenvalue weighted by Gasteiger charge is 2.26. The van der Waals surface area contributed by atoms with E-state index in [1.165, 1.54) is 11.1 Å². The standard InChI is InChI=1S/C28H28N4O/c1-20-26(19-22-9-4-3-5-10-22)27(30-21(2)29-20)31-15-17-32(18-16-31)28(33)25-14-8-12-23-11-6-7-13-24(23)25/h3-14H,15-19H2,1-2H3. The summed E-state index contributed by atoms with van der Waals surface area (Å²) in [7, 11) is 0. The first-order chi connectivity index (χ1) is 16.1. The minimum Gasteiger partial charge on any atom is -0.353 e. The predicted octanol–water partition coefficient (Wildman–Crippen LogP) is 4.80. The van der Waals surface area contributed by atoms with Crippen LogP contribution < -0.4 is 4.90 Å². The fourth-order valence-electron chi connectivity index (χ4n) is 4.69. The van der Waals surface area contributed by atoms with Gasteiger partial charge in [-0.1, -0.05) is 66.7 Å². The number of hydrogen-bond acceptors (Lipinski definition) is 4. The molecule has 0 aliphatic carbocycles. The number of carbonyl (C=O) groups is 1. The molecule has 0 radical (unpaired) electrons. The Morgan fingerprint density at radius 1 is 0.818 bits per heavy atom. The van der Waals surface area contributed by atoms with E-state index in [2.05, 4.69) is 53.2 Å². The first kappa shape index (κ1) is 21.1. The molecule has 0 atom stereocenters. The largest absolute Gasteiger partial charge is 0.353 e. The van der Waals surface area contributed by atoms with Crippen molar-refractivity contribution in [2.45, 2.75) is 20.3 Å². The van der Waals surface area contributed by atoms with Gasteiger partial charge in [-0.2, -0.15) is 0 Å². The van der Waals surface area contributed by atoms with Crippen molar-refractivity contribution in [3.05, 3.63) is 101 Å². The predicted molar refractivity (Wildman–Crippen MR) is 133 cm³/mol. The Morgan fingerprint density at radius 3 is 2.30 bits per heavy atom. The third kappa shape index (κ3) is 4.31. The lowest BCUT2D eigenvalue weighted by molar-refractivity contribution is 0.0748. The Kier molecular flexibility index (Phi) is 5.78. The molecule has 0 N–H and O–H groups in total. The number of carbonyl (C=O) groups excluding carboxylic acids is 1. The maximum absolute atomic E-state index is 13.4. The number of nitrogens with zero attached hydrogens (tertiary/aromatic N) is 4. The highest BCUT2D eigenvalue weighted by molar-refractivity contribution is 6.07. The highest BCUT2D eigenvalue weighted by atomic mass is 16.2. The Morgan fingerprint density at radius 2 is 1.52 bits per heavy atom. The van der Waals surface area contributed by atoms with Gasteiger partial charge in [-0.25, -0.2) is 9.97 Å². The third-order valence-corrected chi connectivity index (χ3v) is 6.41. The van der Waals surface area contributed by atoms with Crippen molar-refractivity contribution < 1.29 is 4.79 Å². The highest BCUT2D eigenvalue weighted by Crippen LogP contribution is 2.26. The van der Waals surface area contributed by atoms with E-state index in [1.54, 1.807) is 0 Å². The van der Waals surface area contributed by atoms with Crippen LogP contribution in [0.4, 0.5) is 5.82 Å². The molecule has 5 heteroatoms. The fourth-order valence-corrected chi connectivity index (χ4v) is 4.69. The van der Waals surface area contributed by atoms with Gasteiger partial charge in [0.2, 0.25) is 0 Å². The molecule has 0 unspecified atom stereocenters. The van der Waals surface area contributed by atoms with E-state index in [4.69, 9.17) is 4.98 Å². The molecule has 1 saturated heterocycles. The molecule has 166 valence electrons. The van der Waals surface area contributed by atoms with Crippen molar-refractivity contribution in [3.63, 3.8) is 0 Å².